The second-order valence-corrected chi connectivity index (χ2v) is 11.9. The molecule has 2 amide bonds. The van der Waals surface area contributed by atoms with E-state index in [4.69, 9.17) is 10.5 Å². The van der Waals surface area contributed by atoms with Crippen molar-refractivity contribution in [3.63, 3.8) is 0 Å². The van der Waals surface area contributed by atoms with Crippen LogP contribution in [0.25, 0.3) is 11.3 Å². The fourth-order valence-corrected chi connectivity index (χ4v) is 5.10. The van der Waals surface area contributed by atoms with Crippen molar-refractivity contribution in [1.82, 2.24) is 14.5 Å². The van der Waals surface area contributed by atoms with Gasteiger partial charge in [-0.15, -0.1) is 0 Å². The summed E-state index contributed by atoms with van der Waals surface area (Å²) in [7, 11) is 1.57. The Bertz CT molecular complexity index is 1770. The lowest BCUT2D eigenvalue weighted by Gasteiger charge is -2.27. The van der Waals surface area contributed by atoms with E-state index in [0.717, 1.165) is 5.56 Å². The molecule has 3 aromatic carbocycles. The van der Waals surface area contributed by atoms with Crippen LogP contribution in [0, 0.1) is 5.82 Å². The van der Waals surface area contributed by atoms with Crippen LogP contribution in [0.1, 0.15) is 58.3 Å². The number of carbonyl (C=O) groups excluding carboxylic acids is 2. The zero-order valence-electron chi connectivity index (χ0n) is 25.3. The second kappa shape index (κ2) is 12.4. The molecule has 44 heavy (non-hydrogen) atoms. The zero-order chi connectivity index (χ0) is 31.6. The highest BCUT2D eigenvalue weighted by atomic mass is 19.1. The number of aryl methyl sites for hydroxylation is 1. The number of carbonyl (C=O) groups is 2. The average molecular weight is 598 g/mol. The number of amides is 2. The van der Waals surface area contributed by atoms with Gasteiger partial charge in [-0.05, 0) is 52.9 Å². The smallest absolute Gasteiger partial charge is 0.272 e. The molecule has 1 saturated heterocycles. The monoisotopic (exact) mass is 597 g/mol. The summed E-state index contributed by atoms with van der Waals surface area (Å²) in [5.41, 5.74) is 9.25. The zero-order valence-corrected chi connectivity index (χ0v) is 25.3. The van der Waals surface area contributed by atoms with Gasteiger partial charge >= 0.3 is 0 Å². The SMILES string of the molecule is Cn1cc(-c2cccc(NC(=O)c3ccc(C(C)(C)C)cc3)c2F)nc(Cc2ccc(C(=O)N3CCOCC3)c(N)c2)c1=O. The molecular formula is C34H36FN5O4. The summed E-state index contributed by atoms with van der Waals surface area (Å²) in [6, 6.07) is 16.9. The summed E-state index contributed by atoms with van der Waals surface area (Å²) in [5, 5.41) is 2.66. The van der Waals surface area contributed by atoms with Gasteiger partial charge < -0.3 is 25.3 Å². The highest BCUT2D eigenvalue weighted by Crippen LogP contribution is 2.28. The molecule has 0 spiro atoms. The first kappa shape index (κ1) is 30.6. The number of hydrogen-bond donors (Lipinski definition) is 2. The van der Waals surface area contributed by atoms with Gasteiger partial charge in [0.1, 0.15) is 5.69 Å². The number of aromatic nitrogens is 2. The third-order valence-corrected chi connectivity index (χ3v) is 7.69. The molecule has 228 valence electrons. The molecule has 1 fully saturated rings. The maximum Gasteiger partial charge on any atom is 0.272 e. The van der Waals surface area contributed by atoms with Crippen molar-refractivity contribution >= 4 is 23.2 Å². The lowest BCUT2D eigenvalue weighted by atomic mass is 9.87. The van der Waals surface area contributed by atoms with E-state index in [1.54, 1.807) is 54.4 Å². The van der Waals surface area contributed by atoms with E-state index < -0.39 is 11.7 Å². The number of halogens is 1. The minimum atomic E-state index is -0.667. The molecule has 1 aliphatic heterocycles. The number of morpholine rings is 1. The van der Waals surface area contributed by atoms with Crippen LogP contribution in [0.3, 0.4) is 0 Å². The van der Waals surface area contributed by atoms with Crippen molar-refractivity contribution in [2.24, 2.45) is 7.05 Å². The largest absolute Gasteiger partial charge is 0.398 e. The van der Waals surface area contributed by atoms with Gasteiger partial charge in [0.05, 0.1) is 30.2 Å². The number of nitrogens with one attached hydrogen (secondary N) is 1. The van der Waals surface area contributed by atoms with Gasteiger partial charge in [-0.3, -0.25) is 14.4 Å². The normalized spacial score (nSPS) is 13.5. The number of benzene rings is 3. The van der Waals surface area contributed by atoms with Crippen LogP contribution in [0.4, 0.5) is 15.8 Å². The molecule has 0 atom stereocenters. The molecule has 5 rings (SSSR count). The fourth-order valence-electron chi connectivity index (χ4n) is 5.10. The lowest BCUT2D eigenvalue weighted by Crippen LogP contribution is -2.40. The number of ether oxygens (including phenoxy) is 1. The van der Waals surface area contributed by atoms with Crippen molar-refractivity contribution in [1.29, 1.82) is 0 Å². The van der Waals surface area contributed by atoms with Crippen LogP contribution in [-0.2, 0) is 23.6 Å². The van der Waals surface area contributed by atoms with Crippen molar-refractivity contribution in [3.8, 4) is 11.3 Å². The minimum absolute atomic E-state index is 0.00195. The van der Waals surface area contributed by atoms with E-state index >= 15 is 4.39 Å². The number of anilines is 2. The van der Waals surface area contributed by atoms with Gasteiger partial charge in [-0.2, -0.15) is 0 Å². The Hall–Kier alpha value is -4.83. The van der Waals surface area contributed by atoms with E-state index in [1.165, 1.54) is 16.8 Å². The predicted octanol–water partition coefficient (Wildman–Crippen LogP) is 4.78. The predicted molar refractivity (Wildman–Crippen MR) is 168 cm³/mol. The van der Waals surface area contributed by atoms with E-state index in [0.29, 0.717) is 48.7 Å². The van der Waals surface area contributed by atoms with Gasteiger partial charge in [0.25, 0.3) is 17.4 Å². The molecule has 0 radical (unpaired) electrons. The number of rotatable bonds is 6. The summed E-state index contributed by atoms with van der Waals surface area (Å²) >= 11 is 0. The summed E-state index contributed by atoms with van der Waals surface area (Å²) in [5.74, 6) is -1.28. The first-order valence-electron chi connectivity index (χ1n) is 14.4. The fraction of sp³-hybridized carbons (Fsp3) is 0.294. The third kappa shape index (κ3) is 6.55. The summed E-state index contributed by atoms with van der Waals surface area (Å²) in [6.45, 7) is 8.22. The second-order valence-electron chi connectivity index (χ2n) is 11.9. The molecular weight excluding hydrogens is 561 g/mol. The molecule has 2 heterocycles. The van der Waals surface area contributed by atoms with Crippen LogP contribution in [0.2, 0.25) is 0 Å². The van der Waals surface area contributed by atoms with Crippen molar-refractivity contribution in [2.75, 3.05) is 37.4 Å². The molecule has 3 N–H and O–H groups in total. The molecule has 0 saturated carbocycles. The summed E-state index contributed by atoms with van der Waals surface area (Å²) in [4.78, 5) is 45.1. The van der Waals surface area contributed by atoms with Crippen LogP contribution in [0.5, 0.6) is 0 Å². The molecule has 0 aliphatic carbocycles. The van der Waals surface area contributed by atoms with Gasteiger partial charge in [0.15, 0.2) is 5.82 Å². The number of nitrogens with zero attached hydrogens (tertiary/aromatic N) is 3. The van der Waals surface area contributed by atoms with Crippen LogP contribution < -0.4 is 16.6 Å². The Morgan fingerprint density at radius 3 is 2.41 bits per heavy atom. The topological polar surface area (TPSA) is 120 Å². The Morgan fingerprint density at radius 2 is 1.75 bits per heavy atom. The Labute approximate surface area is 255 Å². The quantitative estimate of drug-likeness (QED) is 0.309. The standard InChI is InChI=1S/C34H36FN5O4/c1-34(2,3)23-11-9-22(10-12-23)31(41)38-27-7-5-6-25(30(27)35)29-20-39(4)33(43)28(37-29)19-21-8-13-24(26(36)18-21)32(42)40-14-16-44-17-15-40/h5-13,18,20H,14-17,19,36H2,1-4H3,(H,38,41). The van der Waals surface area contributed by atoms with Gasteiger partial charge in [0, 0.05) is 49.6 Å². The van der Waals surface area contributed by atoms with E-state index in [9.17, 15) is 14.4 Å². The summed E-state index contributed by atoms with van der Waals surface area (Å²) < 4.78 is 22.4. The molecule has 1 aliphatic rings. The first-order valence-corrected chi connectivity index (χ1v) is 14.4. The summed E-state index contributed by atoms with van der Waals surface area (Å²) in [6.07, 6.45) is 1.58. The molecule has 4 aromatic rings. The highest BCUT2D eigenvalue weighted by Gasteiger charge is 2.22. The Balaban J connectivity index is 1.38. The van der Waals surface area contributed by atoms with Gasteiger partial charge in [-0.1, -0.05) is 45.0 Å². The Kier molecular flexibility index (Phi) is 8.64. The lowest BCUT2D eigenvalue weighted by molar-refractivity contribution is 0.0303. The maximum atomic E-state index is 15.8. The number of nitrogen functional groups attached to an aromatic ring is 1. The maximum absolute atomic E-state index is 15.8. The van der Waals surface area contributed by atoms with Gasteiger partial charge in [0.2, 0.25) is 0 Å². The molecule has 9 nitrogen and oxygen atoms in total. The van der Waals surface area contributed by atoms with E-state index in [-0.39, 0.29) is 45.9 Å². The van der Waals surface area contributed by atoms with Crippen LogP contribution in [-0.4, -0.2) is 52.6 Å². The minimum Gasteiger partial charge on any atom is -0.398 e. The number of nitrogens with two attached hydrogens (primary N) is 1. The first-order chi connectivity index (χ1) is 20.9. The molecule has 10 heteroatoms. The molecule has 0 unspecified atom stereocenters. The van der Waals surface area contributed by atoms with Crippen molar-refractivity contribution in [2.45, 2.75) is 32.6 Å². The third-order valence-electron chi connectivity index (χ3n) is 7.69. The molecule has 0 bridgehead atoms. The van der Waals surface area contributed by atoms with Crippen molar-refractivity contribution < 1.29 is 18.7 Å². The van der Waals surface area contributed by atoms with E-state index in [2.05, 4.69) is 31.1 Å². The Morgan fingerprint density at radius 1 is 1.05 bits per heavy atom. The highest BCUT2D eigenvalue weighted by molar-refractivity contribution is 6.04. The van der Waals surface area contributed by atoms with Crippen molar-refractivity contribution in [3.05, 3.63) is 111 Å². The van der Waals surface area contributed by atoms with Crippen LogP contribution >= 0.6 is 0 Å². The molecule has 1 aromatic heterocycles. The van der Waals surface area contributed by atoms with Gasteiger partial charge in [-0.25, -0.2) is 9.37 Å². The average Bonchev–Trinajstić information content (AvgIpc) is 3.00. The van der Waals surface area contributed by atoms with Crippen LogP contribution in [0.15, 0.2) is 71.7 Å². The number of hydrogen-bond acceptors (Lipinski definition) is 6. The van der Waals surface area contributed by atoms with E-state index in [1.807, 2.05) is 12.1 Å².